The van der Waals surface area contributed by atoms with Crippen molar-refractivity contribution in [2.45, 2.75) is 44.0 Å². The number of aryl methyl sites for hydroxylation is 1. The Labute approximate surface area is 154 Å². The largest absolute Gasteiger partial charge is 0.339 e. The van der Waals surface area contributed by atoms with Crippen molar-refractivity contribution in [3.8, 4) is 0 Å². The summed E-state index contributed by atoms with van der Waals surface area (Å²) in [7, 11) is -0.651. The number of anilines is 1. The van der Waals surface area contributed by atoms with E-state index < -0.39 is 15.9 Å². The van der Waals surface area contributed by atoms with E-state index >= 15 is 0 Å². The summed E-state index contributed by atoms with van der Waals surface area (Å²) in [5.74, 6) is -0.593. The van der Waals surface area contributed by atoms with Crippen molar-refractivity contribution in [1.82, 2.24) is 9.21 Å². The van der Waals surface area contributed by atoms with Gasteiger partial charge in [-0.2, -0.15) is 0 Å². The zero-order chi connectivity index (χ0) is 19.2. The van der Waals surface area contributed by atoms with E-state index in [-0.39, 0.29) is 23.1 Å². The average Bonchev–Trinajstić information content (AvgIpc) is 3.33. The summed E-state index contributed by atoms with van der Waals surface area (Å²) in [6.45, 7) is 4.10. The highest BCUT2D eigenvalue weighted by Crippen LogP contribution is 2.33. The van der Waals surface area contributed by atoms with Gasteiger partial charge >= 0.3 is 0 Å². The van der Waals surface area contributed by atoms with E-state index in [0.29, 0.717) is 18.3 Å². The van der Waals surface area contributed by atoms with Gasteiger partial charge in [0.15, 0.2) is 0 Å². The van der Waals surface area contributed by atoms with Crippen LogP contribution < -0.4 is 5.32 Å². The van der Waals surface area contributed by atoms with E-state index in [9.17, 15) is 18.0 Å². The second-order valence-electron chi connectivity index (χ2n) is 7.37. The lowest BCUT2D eigenvalue weighted by atomic mass is 10.1. The van der Waals surface area contributed by atoms with Gasteiger partial charge in [-0.1, -0.05) is 0 Å². The topological polar surface area (TPSA) is 86.8 Å². The number of hydrogen-bond donors (Lipinski definition) is 1. The van der Waals surface area contributed by atoms with Crippen LogP contribution in [0.25, 0.3) is 0 Å². The Morgan fingerprint density at radius 1 is 1.23 bits per heavy atom. The molecule has 1 atom stereocenters. The van der Waals surface area contributed by atoms with Gasteiger partial charge in [0.05, 0.1) is 10.8 Å². The predicted molar refractivity (Wildman–Crippen MR) is 98.3 cm³/mol. The van der Waals surface area contributed by atoms with Gasteiger partial charge in [0, 0.05) is 38.8 Å². The molecule has 1 unspecified atom stereocenters. The zero-order valence-corrected chi connectivity index (χ0v) is 16.4. The molecule has 2 aliphatic rings. The molecule has 0 radical (unpaired) electrons. The van der Waals surface area contributed by atoms with Crippen molar-refractivity contribution >= 4 is 27.5 Å². The van der Waals surface area contributed by atoms with Gasteiger partial charge in [-0.15, -0.1) is 0 Å². The number of amides is 2. The summed E-state index contributed by atoms with van der Waals surface area (Å²) >= 11 is 0. The highest BCUT2D eigenvalue weighted by molar-refractivity contribution is 7.89. The molecule has 1 saturated heterocycles. The van der Waals surface area contributed by atoms with Crippen LogP contribution >= 0.6 is 0 Å². The molecule has 7 nitrogen and oxygen atoms in total. The Bertz CT molecular complexity index is 859. The fraction of sp³-hybridized carbons (Fsp3) is 0.556. The number of carbonyl (C=O) groups excluding carboxylic acids is 2. The van der Waals surface area contributed by atoms with E-state index in [1.165, 1.54) is 20.2 Å². The highest BCUT2D eigenvalue weighted by atomic mass is 32.2. The molecule has 2 fully saturated rings. The van der Waals surface area contributed by atoms with Crippen LogP contribution in [-0.2, 0) is 19.6 Å². The van der Waals surface area contributed by atoms with Crippen LogP contribution in [0.5, 0.6) is 0 Å². The van der Waals surface area contributed by atoms with Gasteiger partial charge in [0.2, 0.25) is 21.8 Å². The third-order valence-corrected chi connectivity index (χ3v) is 6.99. The van der Waals surface area contributed by atoms with Crippen molar-refractivity contribution < 1.29 is 18.0 Å². The number of sulfonamides is 1. The molecule has 142 valence electrons. The van der Waals surface area contributed by atoms with Crippen molar-refractivity contribution in [2.75, 3.05) is 26.0 Å². The maximum absolute atomic E-state index is 12.7. The average molecular weight is 379 g/mol. The van der Waals surface area contributed by atoms with Crippen molar-refractivity contribution in [1.29, 1.82) is 0 Å². The lowest BCUT2D eigenvalue weighted by Gasteiger charge is -2.18. The number of nitrogens with zero attached hydrogens (tertiary/aromatic N) is 2. The number of likely N-dealkylation sites (tertiary alicyclic amines) is 1. The molecule has 1 aromatic rings. The van der Waals surface area contributed by atoms with Crippen LogP contribution in [0.2, 0.25) is 0 Å². The maximum Gasteiger partial charge on any atom is 0.242 e. The van der Waals surface area contributed by atoms with E-state index in [1.54, 1.807) is 11.0 Å². The molecule has 3 rings (SSSR count). The SMILES string of the molecule is Cc1cc(S(=O)(=O)N(C)C)cc(NC(=O)C2CC(=O)N(C3CC3)C2)c1C. The van der Waals surface area contributed by atoms with Gasteiger partial charge in [-0.3, -0.25) is 9.59 Å². The summed E-state index contributed by atoms with van der Waals surface area (Å²) in [4.78, 5) is 26.7. The Morgan fingerprint density at radius 2 is 1.88 bits per heavy atom. The first-order valence-electron chi connectivity index (χ1n) is 8.75. The standard InChI is InChI=1S/C18H25N3O4S/c1-11-7-15(26(24,25)20(3)4)9-16(12(11)2)19-18(23)13-8-17(22)21(10-13)14-5-6-14/h7,9,13-14H,5-6,8,10H2,1-4H3,(H,19,23). The molecule has 1 aromatic carbocycles. The third-order valence-electron chi connectivity index (χ3n) is 5.19. The molecule has 1 saturated carbocycles. The minimum atomic E-state index is -3.59. The quantitative estimate of drug-likeness (QED) is 0.840. The zero-order valence-electron chi connectivity index (χ0n) is 15.6. The second-order valence-corrected chi connectivity index (χ2v) is 9.52. The van der Waals surface area contributed by atoms with Gasteiger partial charge in [0.1, 0.15) is 0 Å². The molecular formula is C18H25N3O4S. The van der Waals surface area contributed by atoms with Gasteiger partial charge in [-0.25, -0.2) is 12.7 Å². The molecular weight excluding hydrogens is 354 g/mol. The van der Waals surface area contributed by atoms with E-state index in [4.69, 9.17) is 0 Å². The fourth-order valence-corrected chi connectivity index (χ4v) is 4.21. The molecule has 1 aliphatic carbocycles. The van der Waals surface area contributed by atoms with Crippen molar-refractivity contribution in [3.05, 3.63) is 23.3 Å². The summed E-state index contributed by atoms with van der Waals surface area (Å²) in [6.07, 6.45) is 2.25. The minimum absolute atomic E-state index is 0.0319. The molecule has 1 aliphatic heterocycles. The molecule has 2 amide bonds. The van der Waals surface area contributed by atoms with Crippen LogP contribution in [-0.4, -0.2) is 56.1 Å². The molecule has 0 spiro atoms. The summed E-state index contributed by atoms with van der Waals surface area (Å²) in [5, 5.41) is 2.84. The van der Waals surface area contributed by atoms with Gasteiger partial charge in [-0.05, 0) is 49.9 Å². The number of rotatable bonds is 5. The molecule has 1 heterocycles. The Hall–Kier alpha value is -1.93. The molecule has 0 bridgehead atoms. The Balaban J connectivity index is 1.82. The minimum Gasteiger partial charge on any atom is -0.339 e. The number of nitrogens with one attached hydrogen (secondary N) is 1. The summed E-state index contributed by atoms with van der Waals surface area (Å²) in [5.41, 5.74) is 2.08. The predicted octanol–water partition coefficient (Wildman–Crippen LogP) is 1.50. The van der Waals surface area contributed by atoms with Crippen LogP contribution in [0.3, 0.4) is 0 Å². The third kappa shape index (κ3) is 3.48. The second kappa shape index (κ2) is 6.66. The lowest BCUT2D eigenvalue weighted by molar-refractivity contribution is -0.128. The lowest BCUT2D eigenvalue weighted by Crippen LogP contribution is -2.30. The Morgan fingerprint density at radius 3 is 2.46 bits per heavy atom. The van der Waals surface area contributed by atoms with E-state index in [0.717, 1.165) is 28.3 Å². The number of hydrogen-bond acceptors (Lipinski definition) is 4. The summed E-state index contributed by atoms with van der Waals surface area (Å²) < 4.78 is 26.0. The first-order valence-corrected chi connectivity index (χ1v) is 10.2. The van der Waals surface area contributed by atoms with Gasteiger partial charge < -0.3 is 10.2 Å². The highest BCUT2D eigenvalue weighted by Gasteiger charge is 2.41. The molecule has 0 aromatic heterocycles. The number of benzene rings is 1. The van der Waals surface area contributed by atoms with Crippen molar-refractivity contribution in [3.63, 3.8) is 0 Å². The first-order chi connectivity index (χ1) is 12.1. The van der Waals surface area contributed by atoms with Gasteiger partial charge in [0.25, 0.3) is 0 Å². The monoisotopic (exact) mass is 379 g/mol. The fourth-order valence-electron chi connectivity index (χ4n) is 3.20. The summed E-state index contributed by atoms with van der Waals surface area (Å²) in [6, 6.07) is 3.40. The molecule has 1 N–H and O–H groups in total. The van der Waals surface area contributed by atoms with E-state index in [2.05, 4.69) is 5.32 Å². The van der Waals surface area contributed by atoms with Crippen LogP contribution in [0.4, 0.5) is 5.69 Å². The molecule has 8 heteroatoms. The molecule has 26 heavy (non-hydrogen) atoms. The Kier molecular flexibility index (Phi) is 4.83. The van der Waals surface area contributed by atoms with Crippen LogP contribution in [0, 0.1) is 19.8 Å². The van der Waals surface area contributed by atoms with Crippen LogP contribution in [0.15, 0.2) is 17.0 Å². The van der Waals surface area contributed by atoms with E-state index in [1.807, 2.05) is 13.8 Å². The first kappa shape index (κ1) is 18.8. The van der Waals surface area contributed by atoms with Crippen LogP contribution in [0.1, 0.15) is 30.4 Å². The van der Waals surface area contributed by atoms with Crippen molar-refractivity contribution in [2.24, 2.45) is 5.92 Å². The normalized spacial score (nSPS) is 20.7. The maximum atomic E-state index is 12.7. The number of carbonyl (C=O) groups is 2. The smallest absolute Gasteiger partial charge is 0.242 e.